The van der Waals surface area contributed by atoms with Gasteiger partial charge in [0.1, 0.15) is 0 Å². The van der Waals surface area contributed by atoms with Crippen molar-refractivity contribution in [2.24, 2.45) is 7.05 Å². The van der Waals surface area contributed by atoms with Crippen molar-refractivity contribution in [3.63, 3.8) is 0 Å². The number of hydrogen-bond acceptors (Lipinski definition) is 2. The zero-order valence-electron chi connectivity index (χ0n) is 10.8. The monoisotopic (exact) mass is 326 g/mol. The van der Waals surface area contributed by atoms with Gasteiger partial charge in [0.05, 0.1) is 23.4 Å². The lowest BCUT2D eigenvalue weighted by molar-refractivity contribution is 0.797. The number of nitrogens with zero attached hydrogens (tertiary/aromatic N) is 4. The van der Waals surface area contributed by atoms with Crippen LogP contribution in [0.25, 0.3) is 27.5 Å². The fourth-order valence-electron chi connectivity index (χ4n) is 2.49. The molecule has 0 bridgehead atoms. The Hall–Kier alpha value is -2.14. The standard InChI is InChI=1S/C15H11BrN4/c1-19-15-6-10(2-3-11(15)7-17-19)13-8-18-20-9-12(16)4-5-14(13)20/h2-9H,1H3. The van der Waals surface area contributed by atoms with Gasteiger partial charge in [0.25, 0.3) is 0 Å². The van der Waals surface area contributed by atoms with E-state index in [4.69, 9.17) is 0 Å². The largest absolute Gasteiger partial charge is 0.268 e. The highest BCUT2D eigenvalue weighted by molar-refractivity contribution is 9.10. The van der Waals surface area contributed by atoms with Crippen LogP contribution in [0, 0.1) is 0 Å². The van der Waals surface area contributed by atoms with Gasteiger partial charge in [-0.25, -0.2) is 4.52 Å². The Balaban J connectivity index is 1.98. The summed E-state index contributed by atoms with van der Waals surface area (Å²) < 4.78 is 4.79. The van der Waals surface area contributed by atoms with Crippen LogP contribution in [0.3, 0.4) is 0 Å². The van der Waals surface area contributed by atoms with E-state index in [1.54, 1.807) is 0 Å². The summed E-state index contributed by atoms with van der Waals surface area (Å²) in [5.41, 5.74) is 4.49. The van der Waals surface area contributed by atoms with Gasteiger partial charge in [0.2, 0.25) is 0 Å². The summed E-state index contributed by atoms with van der Waals surface area (Å²) in [4.78, 5) is 0. The lowest BCUT2D eigenvalue weighted by Crippen LogP contribution is -1.89. The number of halogens is 1. The van der Waals surface area contributed by atoms with E-state index in [0.29, 0.717) is 0 Å². The molecule has 20 heavy (non-hydrogen) atoms. The van der Waals surface area contributed by atoms with Crippen molar-refractivity contribution < 1.29 is 0 Å². The summed E-state index contributed by atoms with van der Waals surface area (Å²) in [5, 5.41) is 9.84. The predicted molar refractivity (Wildman–Crippen MR) is 82.6 cm³/mol. The van der Waals surface area contributed by atoms with Crippen LogP contribution in [0.2, 0.25) is 0 Å². The summed E-state index contributed by atoms with van der Waals surface area (Å²) in [5.74, 6) is 0. The van der Waals surface area contributed by atoms with Crippen LogP contribution in [-0.4, -0.2) is 19.4 Å². The van der Waals surface area contributed by atoms with Crippen LogP contribution >= 0.6 is 15.9 Å². The molecular weight excluding hydrogens is 316 g/mol. The van der Waals surface area contributed by atoms with Gasteiger partial charge >= 0.3 is 0 Å². The second-order valence-electron chi connectivity index (χ2n) is 4.78. The highest BCUT2D eigenvalue weighted by Gasteiger charge is 2.08. The van der Waals surface area contributed by atoms with Crippen molar-refractivity contribution in [3.05, 3.63) is 53.4 Å². The maximum atomic E-state index is 4.41. The number of hydrogen-bond donors (Lipinski definition) is 0. The van der Waals surface area contributed by atoms with Gasteiger partial charge in [-0.1, -0.05) is 12.1 Å². The summed E-state index contributed by atoms with van der Waals surface area (Å²) in [7, 11) is 1.96. The van der Waals surface area contributed by atoms with Crippen LogP contribution < -0.4 is 0 Å². The van der Waals surface area contributed by atoms with Crippen LogP contribution in [0.5, 0.6) is 0 Å². The second-order valence-corrected chi connectivity index (χ2v) is 5.69. The summed E-state index contributed by atoms with van der Waals surface area (Å²) >= 11 is 3.46. The van der Waals surface area contributed by atoms with E-state index in [1.165, 1.54) is 0 Å². The third kappa shape index (κ3) is 1.67. The lowest BCUT2D eigenvalue weighted by Gasteiger charge is -2.01. The average molecular weight is 327 g/mol. The Morgan fingerprint density at radius 3 is 2.80 bits per heavy atom. The molecule has 3 aromatic heterocycles. The van der Waals surface area contributed by atoms with Crippen molar-refractivity contribution in [1.29, 1.82) is 0 Å². The molecule has 4 aromatic rings. The minimum absolute atomic E-state index is 1.02. The molecule has 0 aliphatic heterocycles. The first-order chi connectivity index (χ1) is 9.72. The van der Waals surface area contributed by atoms with Crippen LogP contribution in [0.15, 0.2) is 53.4 Å². The molecule has 98 valence electrons. The van der Waals surface area contributed by atoms with Gasteiger partial charge in [-0.2, -0.15) is 10.2 Å². The Bertz CT molecular complexity index is 936. The summed E-state index contributed by atoms with van der Waals surface area (Å²) in [6.45, 7) is 0. The van der Waals surface area contributed by atoms with Gasteiger partial charge < -0.3 is 0 Å². The van der Waals surface area contributed by atoms with Gasteiger partial charge in [-0.3, -0.25) is 4.68 Å². The normalized spacial score (nSPS) is 11.5. The van der Waals surface area contributed by atoms with E-state index in [0.717, 1.165) is 32.0 Å². The number of benzene rings is 1. The molecule has 0 saturated carbocycles. The van der Waals surface area contributed by atoms with Crippen molar-refractivity contribution in [2.45, 2.75) is 0 Å². The van der Waals surface area contributed by atoms with E-state index in [-0.39, 0.29) is 0 Å². The SMILES string of the molecule is Cn1ncc2ccc(-c3cnn4cc(Br)ccc34)cc21. The maximum absolute atomic E-state index is 4.41. The van der Waals surface area contributed by atoms with Crippen molar-refractivity contribution in [2.75, 3.05) is 0 Å². The highest BCUT2D eigenvalue weighted by Crippen LogP contribution is 2.28. The third-order valence-corrected chi connectivity index (χ3v) is 4.01. The van der Waals surface area contributed by atoms with Gasteiger partial charge in [-0.15, -0.1) is 0 Å². The molecule has 0 aliphatic rings. The molecule has 1 aromatic carbocycles. The first kappa shape index (κ1) is 11.7. The molecule has 5 heteroatoms. The Labute approximate surface area is 123 Å². The third-order valence-electron chi connectivity index (χ3n) is 3.54. The molecule has 0 amide bonds. The molecule has 0 unspecified atom stereocenters. The zero-order valence-corrected chi connectivity index (χ0v) is 12.4. The molecule has 0 radical (unpaired) electrons. The molecule has 0 atom stereocenters. The molecular formula is C15H11BrN4. The summed E-state index contributed by atoms with van der Waals surface area (Å²) in [6, 6.07) is 10.5. The number of fused-ring (bicyclic) bond motifs is 2. The molecule has 0 saturated heterocycles. The Morgan fingerprint density at radius 1 is 1.00 bits per heavy atom. The van der Waals surface area contributed by atoms with Crippen LogP contribution in [0.4, 0.5) is 0 Å². The number of pyridine rings is 1. The highest BCUT2D eigenvalue weighted by atomic mass is 79.9. The molecule has 0 N–H and O–H groups in total. The molecule has 4 nitrogen and oxygen atoms in total. The topological polar surface area (TPSA) is 35.1 Å². The van der Waals surface area contributed by atoms with Crippen molar-refractivity contribution >= 4 is 32.3 Å². The van der Waals surface area contributed by atoms with Crippen molar-refractivity contribution in [3.8, 4) is 11.1 Å². The number of aryl methyl sites for hydroxylation is 1. The second kappa shape index (κ2) is 4.18. The maximum Gasteiger partial charge on any atom is 0.0740 e. The molecule has 4 rings (SSSR count). The Kier molecular flexibility index (Phi) is 2.44. The van der Waals surface area contributed by atoms with Crippen molar-refractivity contribution in [1.82, 2.24) is 19.4 Å². The van der Waals surface area contributed by atoms with E-state index in [9.17, 15) is 0 Å². The quantitative estimate of drug-likeness (QED) is 0.535. The molecule has 3 heterocycles. The van der Waals surface area contributed by atoms with E-state index in [1.807, 2.05) is 40.9 Å². The van der Waals surface area contributed by atoms with Gasteiger partial charge in [-0.05, 0) is 39.7 Å². The average Bonchev–Trinajstić information content (AvgIpc) is 3.02. The lowest BCUT2D eigenvalue weighted by atomic mass is 10.1. The van der Waals surface area contributed by atoms with Crippen LogP contribution in [-0.2, 0) is 7.05 Å². The smallest absolute Gasteiger partial charge is 0.0740 e. The summed E-state index contributed by atoms with van der Waals surface area (Å²) in [6.07, 6.45) is 5.74. The van der Waals surface area contributed by atoms with E-state index in [2.05, 4.69) is 50.4 Å². The molecule has 0 spiro atoms. The van der Waals surface area contributed by atoms with Crippen LogP contribution in [0.1, 0.15) is 0 Å². The first-order valence-corrected chi connectivity index (χ1v) is 7.07. The zero-order chi connectivity index (χ0) is 13.7. The fourth-order valence-corrected chi connectivity index (χ4v) is 2.82. The number of rotatable bonds is 1. The molecule has 0 aliphatic carbocycles. The van der Waals surface area contributed by atoms with Gasteiger partial charge in [0.15, 0.2) is 0 Å². The Morgan fingerprint density at radius 2 is 1.90 bits per heavy atom. The van der Waals surface area contributed by atoms with E-state index >= 15 is 0 Å². The minimum Gasteiger partial charge on any atom is -0.268 e. The minimum atomic E-state index is 1.02. The van der Waals surface area contributed by atoms with E-state index < -0.39 is 0 Å². The fraction of sp³-hybridized carbons (Fsp3) is 0.0667. The molecule has 0 fully saturated rings. The van der Waals surface area contributed by atoms with Gasteiger partial charge in [0, 0.05) is 28.7 Å². The first-order valence-electron chi connectivity index (χ1n) is 6.27. The number of aromatic nitrogens is 4. The predicted octanol–water partition coefficient (Wildman–Crippen LogP) is 3.65.